The Morgan fingerprint density at radius 2 is 2.25 bits per heavy atom. The first-order valence-electron chi connectivity index (χ1n) is 7.39. The van der Waals surface area contributed by atoms with Gasteiger partial charge in [-0.1, -0.05) is 17.7 Å². The van der Waals surface area contributed by atoms with E-state index in [2.05, 4.69) is 23.9 Å². The predicted octanol–water partition coefficient (Wildman–Crippen LogP) is 2.16. The summed E-state index contributed by atoms with van der Waals surface area (Å²) in [7, 11) is 4.22. The van der Waals surface area contributed by atoms with Crippen molar-refractivity contribution in [3.63, 3.8) is 0 Å². The Morgan fingerprint density at radius 3 is 2.90 bits per heavy atom. The number of nitrogens with two attached hydrogens (primary N) is 1. The van der Waals surface area contributed by atoms with Crippen molar-refractivity contribution in [3.8, 4) is 0 Å². The van der Waals surface area contributed by atoms with Crippen LogP contribution in [0.3, 0.4) is 0 Å². The molecule has 0 aliphatic carbocycles. The molecule has 0 spiro atoms. The highest BCUT2D eigenvalue weighted by Gasteiger charge is 2.28. The molecular formula is C16H26FN3. The van der Waals surface area contributed by atoms with E-state index in [0.717, 1.165) is 30.6 Å². The number of hydrogen-bond acceptors (Lipinski definition) is 3. The summed E-state index contributed by atoms with van der Waals surface area (Å²) in [4.78, 5) is 4.60. The summed E-state index contributed by atoms with van der Waals surface area (Å²) >= 11 is 0. The van der Waals surface area contributed by atoms with Gasteiger partial charge in [-0.2, -0.15) is 0 Å². The normalized spacial score (nSPS) is 22.2. The van der Waals surface area contributed by atoms with Crippen molar-refractivity contribution >= 4 is 0 Å². The quantitative estimate of drug-likeness (QED) is 0.917. The zero-order chi connectivity index (χ0) is 14.7. The molecular weight excluding hydrogens is 253 g/mol. The third kappa shape index (κ3) is 3.37. The maximum atomic E-state index is 14.1. The highest BCUT2D eigenvalue weighted by atomic mass is 19.1. The van der Waals surface area contributed by atoms with Gasteiger partial charge in [-0.3, -0.25) is 4.90 Å². The molecule has 1 aliphatic rings. The predicted molar refractivity (Wildman–Crippen MR) is 81.2 cm³/mol. The average molecular weight is 279 g/mol. The molecule has 2 N–H and O–H groups in total. The number of nitrogens with zero attached hydrogens (tertiary/aromatic N) is 2. The molecule has 4 heteroatoms. The van der Waals surface area contributed by atoms with E-state index in [4.69, 9.17) is 5.73 Å². The Labute approximate surface area is 121 Å². The molecule has 3 nitrogen and oxygen atoms in total. The molecule has 20 heavy (non-hydrogen) atoms. The van der Waals surface area contributed by atoms with E-state index >= 15 is 0 Å². The number of likely N-dealkylation sites (N-methyl/N-ethyl adjacent to an activating group) is 2. The van der Waals surface area contributed by atoms with Crippen LogP contribution in [-0.4, -0.2) is 49.6 Å². The number of hydrogen-bond donors (Lipinski definition) is 1. The molecule has 1 fully saturated rings. The molecule has 2 atom stereocenters. The van der Waals surface area contributed by atoms with Gasteiger partial charge in [0.1, 0.15) is 5.82 Å². The van der Waals surface area contributed by atoms with Gasteiger partial charge >= 0.3 is 0 Å². The summed E-state index contributed by atoms with van der Waals surface area (Å²) in [6.45, 7) is 4.61. The Bertz CT molecular complexity index is 449. The first-order valence-corrected chi connectivity index (χ1v) is 7.39. The fourth-order valence-corrected chi connectivity index (χ4v) is 3.16. The molecule has 0 bridgehead atoms. The van der Waals surface area contributed by atoms with Crippen LogP contribution in [0.5, 0.6) is 0 Å². The van der Waals surface area contributed by atoms with Crippen LogP contribution in [0.2, 0.25) is 0 Å². The van der Waals surface area contributed by atoms with Crippen LogP contribution in [0.4, 0.5) is 4.39 Å². The molecule has 1 aromatic carbocycles. The molecule has 0 amide bonds. The molecule has 1 heterocycles. The van der Waals surface area contributed by atoms with Crippen molar-refractivity contribution in [3.05, 3.63) is 35.1 Å². The zero-order valence-corrected chi connectivity index (χ0v) is 12.8. The number of likely N-dealkylation sites (tertiary alicyclic amines) is 1. The fraction of sp³-hybridized carbons (Fsp3) is 0.625. The largest absolute Gasteiger partial charge is 0.329 e. The van der Waals surface area contributed by atoms with Crippen molar-refractivity contribution in [2.75, 3.05) is 33.7 Å². The molecule has 2 unspecified atom stereocenters. The van der Waals surface area contributed by atoms with Crippen molar-refractivity contribution in [1.29, 1.82) is 0 Å². The molecule has 1 aliphatic heterocycles. The van der Waals surface area contributed by atoms with Crippen LogP contribution in [0.15, 0.2) is 18.2 Å². The van der Waals surface area contributed by atoms with Gasteiger partial charge < -0.3 is 10.6 Å². The van der Waals surface area contributed by atoms with E-state index in [1.54, 1.807) is 12.1 Å². The monoisotopic (exact) mass is 279 g/mol. The molecule has 0 saturated carbocycles. The van der Waals surface area contributed by atoms with Crippen LogP contribution >= 0.6 is 0 Å². The lowest BCUT2D eigenvalue weighted by Gasteiger charge is -2.40. The third-order valence-electron chi connectivity index (χ3n) is 4.40. The Kier molecular flexibility index (Phi) is 5.13. The average Bonchev–Trinajstić information content (AvgIpc) is 2.43. The highest BCUT2D eigenvalue weighted by molar-refractivity contribution is 5.27. The number of benzene rings is 1. The van der Waals surface area contributed by atoms with E-state index in [1.807, 2.05) is 13.0 Å². The van der Waals surface area contributed by atoms with Crippen LogP contribution in [0.25, 0.3) is 0 Å². The van der Waals surface area contributed by atoms with Gasteiger partial charge in [-0.25, -0.2) is 4.39 Å². The van der Waals surface area contributed by atoms with E-state index in [1.165, 1.54) is 6.42 Å². The van der Waals surface area contributed by atoms with Crippen molar-refractivity contribution in [2.24, 2.45) is 5.73 Å². The van der Waals surface area contributed by atoms with E-state index in [-0.39, 0.29) is 11.9 Å². The van der Waals surface area contributed by atoms with E-state index in [0.29, 0.717) is 12.6 Å². The van der Waals surface area contributed by atoms with Crippen molar-refractivity contribution < 1.29 is 4.39 Å². The first kappa shape index (κ1) is 15.4. The molecule has 112 valence electrons. The molecule has 0 aromatic heterocycles. The van der Waals surface area contributed by atoms with Crippen molar-refractivity contribution in [1.82, 2.24) is 9.80 Å². The van der Waals surface area contributed by atoms with Crippen LogP contribution in [0.1, 0.15) is 30.0 Å². The van der Waals surface area contributed by atoms with Gasteiger partial charge in [0.15, 0.2) is 0 Å². The maximum Gasteiger partial charge on any atom is 0.128 e. The minimum absolute atomic E-state index is 0.0496. The first-order chi connectivity index (χ1) is 9.52. The van der Waals surface area contributed by atoms with Gasteiger partial charge in [0.2, 0.25) is 0 Å². The molecule has 0 radical (unpaired) electrons. The lowest BCUT2D eigenvalue weighted by Crippen LogP contribution is -2.47. The summed E-state index contributed by atoms with van der Waals surface area (Å²) in [6.07, 6.45) is 2.35. The molecule has 1 saturated heterocycles. The smallest absolute Gasteiger partial charge is 0.128 e. The molecule has 2 rings (SSSR count). The standard InChI is InChI=1S/C16H26FN3/c1-12-6-7-15(17)14(9-12)16(10-18)20(3)13-5-4-8-19(2)11-13/h6-7,9,13,16H,4-5,8,10-11,18H2,1-3H3. The lowest BCUT2D eigenvalue weighted by molar-refractivity contribution is 0.0996. The summed E-state index contributed by atoms with van der Waals surface area (Å²) < 4.78 is 14.1. The number of piperidine rings is 1. The second kappa shape index (κ2) is 6.66. The second-order valence-corrected chi connectivity index (χ2v) is 6.00. The van der Waals surface area contributed by atoms with Crippen molar-refractivity contribution in [2.45, 2.75) is 31.8 Å². The summed E-state index contributed by atoms with van der Waals surface area (Å²) in [5.41, 5.74) is 7.75. The van der Waals surface area contributed by atoms with Crippen LogP contribution < -0.4 is 5.73 Å². The lowest BCUT2D eigenvalue weighted by atomic mass is 9.98. The minimum Gasteiger partial charge on any atom is -0.329 e. The van der Waals surface area contributed by atoms with Gasteiger partial charge in [-0.15, -0.1) is 0 Å². The van der Waals surface area contributed by atoms with Gasteiger partial charge in [-0.05, 0) is 46.5 Å². The Balaban J connectivity index is 2.20. The minimum atomic E-state index is -0.151. The zero-order valence-electron chi connectivity index (χ0n) is 12.8. The topological polar surface area (TPSA) is 32.5 Å². The van der Waals surface area contributed by atoms with Crippen LogP contribution in [0, 0.1) is 12.7 Å². The highest BCUT2D eigenvalue weighted by Crippen LogP contribution is 2.27. The maximum absolute atomic E-state index is 14.1. The van der Waals surface area contributed by atoms with E-state index in [9.17, 15) is 4.39 Å². The fourth-order valence-electron chi connectivity index (χ4n) is 3.16. The summed E-state index contributed by atoms with van der Waals surface area (Å²) in [5, 5.41) is 0. The number of aryl methyl sites for hydroxylation is 1. The molecule has 1 aromatic rings. The van der Waals surface area contributed by atoms with Gasteiger partial charge in [0.25, 0.3) is 0 Å². The van der Waals surface area contributed by atoms with E-state index < -0.39 is 0 Å². The number of rotatable bonds is 4. The SMILES string of the molecule is Cc1ccc(F)c(C(CN)N(C)C2CCCN(C)C2)c1. The summed E-state index contributed by atoms with van der Waals surface area (Å²) in [6, 6.07) is 5.68. The van der Waals surface area contributed by atoms with Gasteiger partial charge in [0.05, 0.1) is 0 Å². The summed E-state index contributed by atoms with van der Waals surface area (Å²) in [5.74, 6) is -0.151. The van der Waals surface area contributed by atoms with Gasteiger partial charge in [0, 0.05) is 30.7 Å². The van der Waals surface area contributed by atoms with Crippen LogP contribution in [-0.2, 0) is 0 Å². The Morgan fingerprint density at radius 1 is 1.50 bits per heavy atom. The third-order valence-corrected chi connectivity index (χ3v) is 4.40. The number of halogens is 1. The Hall–Kier alpha value is -0.970. The second-order valence-electron chi connectivity index (χ2n) is 6.00.